The Hall–Kier alpha value is -2.88. The van der Waals surface area contributed by atoms with Crippen LogP contribution in [0.1, 0.15) is 44.7 Å². The summed E-state index contributed by atoms with van der Waals surface area (Å²) in [5.41, 5.74) is 1.88. The number of nitrogens with zero attached hydrogens (tertiary/aromatic N) is 2. The van der Waals surface area contributed by atoms with Gasteiger partial charge in [0.25, 0.3) is 10.0 Å². The zero-order chi connectivity index (χ0) is 29.4. The third-order valence-electron chi connectivity index (χ3n) is 6.67. The highest BCUT2D eigenvalue weighted by Crippen LogP contribution is 2.28. The fraction of sp³-hybridized carbons (Fsp3) is 0.333. The fourth-order valence-electron chi connectivity index (χ4n) is 4.17. The normalized spacial score (nSPS) is 12.8. The average Bonchev–Trinajstić information content (AvgIpc) is 2.92. The van der Waals surface area contributed by atoms with Crippen LogP contribution in [-0.2, 0) is 26.2 Å². The molecule has 10 heteroatoms. The second-order valence-electron chi connectivity index (χ2n) is 9.66. The number of halogens is 2. The number of amides is 2. The highest BCUT2D eigenvalue weighted by Gasteiger charge is 2.34. The predicted molar refractivity (Wildman–Crippen MR) is 164 cm³/mol. The molecule has 3 aromatic carbocycles. The van der Waals surface area contributed by atoms with E-state index in [2.05, 4.69) is 21.2 Å². The van der Waals surface area contributed by atoms with E-state index in [0.717, 1.165) is 16.3 Å². The quantitative estimate of drug-likeness (QED) is 0.249. The van der Waals surface area contributed by atoms with E-state index in [9.17, 15) is 18.0 Å². The first-order chi connectivity index (χ1) is 19.0. The first kappa shape index (κ1) is 31.6. The summed E-state index contributed by atoms with van der Waals surface area (Å²) in [7, 11) is -4.13. The van der Waals surface area contributed by atoms with Gasteiger partial charge in [-0.15, -0.1) is 0 Å². The Labute approximate surface area is 250 Å². The molecule has 2 amide bonds. The van der Waals surface area contributed by atoms with Crippen LogP contribution < -0.4 is 9.62 Å². The molecule has 3 aromatic rings. The molecule has 0 bridgehead atoms. The van der Waals surface area contributed by atoms with E-state index in [4.69, 9.17) is 11.6 Å². The monoisotopic (exact) mass is 647 g/mol. The molecule has 40 heavy (non-hydrogen) atoms. The van der Waals surface area contributed by atoms with Crippen molar-refractivity contribution in [3.8, 4) is 0 Å². The number of anilines is 1. The third-order valence-corrected chi connectivity index (χ3v) is 9.32. The van der Waals surface area contributed by atoms with Crippen LogP contribution in [0.4, 0.5) is 5.69 Å². The number of hydrogen-bond donors (Lipinski definition) is 1. The zero-order valence-electron chi connectivity index (χ0n) is 23.1. The first-order valence-corrected chi connectivity index (χ1v) is 15.8. The lowest BCUT2D eigenvalue weighted by molar-refractivity contribution is -0.140. The van der Waals surface area contributed by atoms with Crippen molar-refractivity contribution in [1.82, 2.24) is 10.2 Å². The van der Waals surface area contributed by atoms with Gasteiger partial charge in [0.15, 0.2) is 0 Å². The van der Waals surface area contributed by atoms with Gasteiger partial charge in [0.2, 0.25) is 11.8 Å². The molecule has 0 aliphatic rings. The van der Waals surface area contributed by atoms with Crippen LogP contribution in [0.25, 0.3) is 0 Å². The highest BCUT2D eigenvalue weighted by atomic mass is 79.9. The molecule has 0 aliphatic heterocycles. The molecule has 1 N–H and O–H groups in total. The van der Waals surface area contributed by atoms with Gasteiger partial charge in [0.1, 0.15) is 12.6 Å². The highest BCUT2D eigenvalue weighted by molar-refractivity contribution is 9.10. The van der Waals surface area contributed by atoms with Gasteiger partial charge in [0.05, 0.1) is 10.6 Å². The topological polar surface area (TPSA) is 86.8 Å². The third kappa shape index (κ3) is 7.86. The summed E-state index contributed by atoms with van der Waals surface area (Å²) in [6.45, 7) is 7.08. The number of carbonyl (C=O) groups is 2. The zero-order valence-corrected chi connectivity index (χ0v) is 26.3. The van der Waals surface area contributed by atoms with E-state index >= 15 is 0 Å². The molecule has 0 aromatic heterocycles. The Bertz CT molecular complexity index is 1430. The summed E-state index contributed by atoms with van der Waals surface area (Å²) >= 11 is 9.85. The van der Waals surface area contributed by atoms with Gasteiger partial charge >= 0.3 is 0 Å². The number of nitrogens with one attached hydrogen (secondary N) is 1. The van der Waals surface area contributed by atoms with Crippen LogP contribution in [0.5, 0.6) is 0 Å². The van der Waals surface area contributed by atoms with Crippen LogP contribution in [0.2, 0.25) is 5.02 Å². The summed E-state index contributed by atoms with van der Waals surface area (Å²) in [4.78, 5) is 28.9. The lowest BCUT2D eigenvalue weighted by Crippen LogP contribution is -2.53. The molecule has 2 atom stereocenters. The summed E-state index contributed by atoms with van der Waals surface area (Å²) in [5, 5.41) is 3.42. The van der Waals surface area contributed by atoms with Crippen molar-refractivity contribution in [3.05, 3.63) is 93.4 Å². The number of aryl methyl sites for hydroxylation is 1. The van der Waals surface area contributed by atoms with Crippen molar-refractivity contribution in [1.29, 1.82) is 0 Å². The molecule has 0 fully saturated rings. The Balaban J connectivity index is 2.07. The lowest BCUT2D eigenvalue weighted by Gasteiger charge is -2.34. The predicted octanol–water partition coefficient (Wildman–Crippen LogP) is 6.33. The molecular formula is C30H35BrClN3O4S. The molecule has 7 nitrogen and oxygen atoms in total. The van der Waals surface area contributed by atoms with E-state index < -0.39 is 28.5 Å². The Morgan fingerprint density at radius 2 is 1.65 bits per heavy atom. The summed E-state index contributed by atoms with van der Waals surface area (Å²) in [6.07, 6.45) is 1.06. The van der Waals surface area contributed by atoms with E-state index in [-0.39, 0.29) is 23.4 Å². The fourth-order valence-corrected chi connectivity index (χ4v) is 6.16. The van der Waals surface area contributed by atoms with Gasteiger partial charge in [-0.1, -0.05) is 83.3 Å². The van der Waals surface area contributed by atoms with Gasteiger partial charge in [-0.2, -0.15) is 0 Å². The number of benzene rings is 3. The molecule has 214 valence electrons. The minimum Gasteiger partial charge on any atom is -0.352 e. The van der Waals surface area contributed by atoms with Crippen LogP contribution in [0, 0.1) is 6.92 Å². The van der Waals surface area contributed by atoms with Gasteiger partial charge < -0.3 is 10.2 Å². The van der Waals surface area contributed by atoms with Crippen molar-refractivity contribution in [2.24, 2.45) is 0 Å². The number of rotatable bonds is 12. The largest absolute Gasteiger partial charge is 0.352 e. The maximum Gasteiger partial charge on any atom is 0.264 e. The minimum atomic E-state index is -4.13. The van der Waals surface area contributed by atoms with E-state index in [0.29, 0.717) is 27.2 Å². The van der Waals surface area contributed by atoms with E-state index in [1.807, 2.05) is 27.7 Å². The van der Waals surface area contributed by atoms with Gasteiger partial charge in [-0.3, -0.25) is 13.9 Å². The molecule has 3 rings (SSSR count). The molecule has 0 unspecified atom stereocenters. The van der Waals surface area contributed by atoms with E-state index in [1.54, 1.807) is 60.7 Å². The summed E-state index contributed by atoms with van der Waals surface area (Å²) in [6, 6.07) is 19.4. The Kier molecular flexibility index (Phi) is 11.2. The molecule has 0 aliphatic carbocycles. The number of hydrogen-bond acceptors (Lipinski definition) is 4. The van der Waals surface area contributed by atoms with Gasteiger partial charge in [0, 0.05) is 22.1 Å². The second kappa shape index (κ2) is 14.1. The van der Waals surface area contributed by atoms with Crippen molar-refractivity contribution < 1.29 is 18.0 Å². The Morgan fingerprint density at radius 3 is 2.25 bits per heavy atom. The van der Waals surface area contributed by atoms with Gasteiger partial charge in [-0.25, -0.2) is 8.42 Å². The van der Waals surface area contributed by atoms with Crippen molar-refractivity contribution in [3.63, 3.8) is 0 Å². The number of sulfonamides is 1. The van der Waals surface area contributed by atoms with Crippen LogP contribution in [-0.4, -0.2) is 43.8 Å². The minimum absolute atomic E-state index is 0.0435. The van der Waals surface area contributed by atoms with Crippen LogP contribution in [0.15, 0.2) is 82.2 Å². The van der Waals surface area contributed by atoms with E-state index in [1.165, 1.54) is 17.0 Å². The standard InChI is InChI=1S/C30H35BrClN3O4S/c1-5-22(4)33-30(37)28(6-2)34(19-23-10-7-8-13-27(23)32)29(36)20-35(25-12-9-11-24(31)18-25)40(38,39)26-16-14-21(3)15-17-26/h7-18,22,28H,5-6,19-20H2,1-4H3,(H,33,37)/t22-,28+/m1/s1. The molecule has 0 saturated carbocycles. The lowest BCUT2D eigenvalue weighted by atomic mass is 10.1. The maximum absolute atomic E-state index is 14.1. The molecule has 0 heterocycles. The first-order valence-electron chi connectivity index (χ1n) is 13.2. The van der Waals surface area contributed by atoms with Crippen molar-refractivity contribution in [2.45, 2.75) is 64.1 Å². The SMILES string of the molecule is CC[C@@H](C)NC(=O)[C@H](CC)N(Cc1ccccc1Cl)C(=O)CN(c1cccc(Br)c1)S(=O)(=O)c1ccc(C)cc1. The molecular weight excluding hydrogens is 614 g/mol. The van der Waals surface area contributed by atoms with Crippen LogP contribution in [0.3, 0.4) is 0 Å². The van der Waals surface area contributed by atoms with Crippen LogP contribution >= 0.6 is 27.5 Å². The number of carbonyl (C=O) groups excluding carboxylic acids is 2. The average molecular weight is 649 g/mol. The second-order valence-corrected chi connectivity index (χ2v) is 12.8. The Morgan fingerprint density at radius 1 is 0.975 bits per heavy atom. The molecule has 0 spiro atoms. The van der Waals surface area contributed by atoms with Crippen molar-refractivity contribution in [2.75, 3.05) is 10.8 Å². The maximum atomic E-state index is 14.1. The van der Waals surface area contributed by atoms with Crippen molar-refractivity contribution >= 4 is 55.1 Å². The summed E-state index contributed by atoms with van der Waals surface area (Å²) < 4.78 is 29.6. The smallest absolute Gasteiger partial charge is 0.264 e. The summed E-state index contributed by atoms with van der Waals surface area (Å²) in [5.74, 6) is -0.825. The molecule has 0 saturated heterocycles. The van der Waals surface area contributed by atoms with Gasteiger partial charge in [-0.05, 0) is 68.7 Å². The molecule has 0 radical (unpaired) electrons.